The van der Waals surface area contributed by atoms with Crippen molar-refractivity contribution in [3.05, 3.63) is 18.7 Å². The van der Waals surface area contributed by atoms with Gasteiger partial charge in [0.05, 0.1) is 6.33 Å². The summed E-state index contributed by atoms with van der Waals surface area (Å²) in [5.41, 5.74) is 0. The highest BCUT2D eigenvalue weighted by atomic mass is 79.9. The summed E-state index contributed by atoms with van der Waals surface area (Å²) in [5, 5.41) is 4.01. The van der Waals surface area contributed by atoms with Gasteiger partial charge in [0.2, 0.25) is 5.91 Å². The van der Waals surface area contributed by atoms with Gasteiger partial charge in [0.1, 0.15) is 0 Å². The van der Waals surface area contributed by atoms with Crippen molar-refractivity contribution in [1.82, 2.24) is 14.9 Å². The Bertz CT molecular complexity index is 360. The number of nitrogens with one attached hydrogen (secondary N) is 1. The number of rotatable bonds is 7. The Balaban J connectivity index is 1.56. The van der Waals surface area contributed by atoms with Crippen LogP contribution in [0, 0.1) is 5.92 Å². The van der Waals surface area contributed by atoms with Crippen molar-refractivity contribution >= 4 is 21.8 Å². The van der Waals surface area contributed by atoms with Crippen molar-refractivity contribution in [1.29, 1.82) is 0 Å². The summed E-state index contributed by atoms with van der Waals surface area (Å²) >= 11 is 3.37. The smallest absolute Gasteiger partial charge is 0.220 e. The second-order valence-corrected chi connectivity index (χ2v) is 5.74. The number of carbonyl (C=O) groups is 1. The molecule has 1 heterocycles. The van der Waals surface area contributed by atoms with Crippen LogP contribution in [0.5, 0.6) is 0 Å². The van der Waals surface area contributed by atoms with E-state index in [0.29, 0.717) is 18.4 Å². The first kappa shape index (κ1) is 13.6. The van der Waals surface area contributed by atoms with Gasteiger partial charge in [-0.3, -0.25) is 4.79 Å². The van der Waals surface area contributed by atoms with E-state index in [2.05, 4.69) is 30.8 Å². The van der Waals surface area contributed by atoms with Gasteiger partial charge in [-0.1, -0.05) is 15.9 Å². The molecular weight excluding hydrogens is 294 g/mol. The Labute approximate surface area is 116 Å². The third-order valence-electron chi connectivity index (χ3n) is 3.53. The molecule has 0 aliphatic heterocycles. The van der Waals surface area contributed by atoms with E-state index in [1.54, 1.807) is 0 Å². The molecule has 1 N–H and O–H groups in total. The largest absolute Gasteiger partial charge is 0.356 e. The number of imidazole rings is 1. The minimum absolute atomic E-state index is 0.196. The second kappa shape index (κ2) is 6.92. The predicted molar refractivity (Wildman–Crippen MR) is 74.6 cm³/mol. The Kier molecular flexibility index (Phi) is 5.23. The Hall–Kier alpha value is -0.840. The molecule has 0 atom stereocenters. The Morgan fingerprint density at radius 2 is 2.28 bits per heavy atom. The van der Waals surface area contributed by atoms with E-state index in [1.807, 2.05) is 18.7 Å². The Morgan fingerprint density at radius 3 is 2.94 bits per heavy atom. The lowest BCUT2D eigenvalue weighted by Gasteiger charge is -2.36. The van der Waals surface area contributed by atoms with Crippen molar-refractivity contribution < 1.29 is 4.79 Å². The average molecular weight is 314 g/mol. The van der Waals surface area contributed by atoms with Crippen LogP contribution in [0.4, 0.5) is 0 Å². The van der Waals surface area contributed by atoms with Crippen LogP contribution in [0.1, 0.15) is 38.1 Å². The number of amides is 1. The van der Waals surface area contributed by atoms with E-state index in [0.717, 1.165) is 37.6 Å². The zero-order chi connectivity index (χ0) is 12.8. The molecule has 4 nitrogen and oxygen atoms in total. The molecule has 1 aromatic rings. The van der Waals surface area contributed by atoms with Gasteiger partial charge in [0, 0.05) is 36.7 Å². The second-order valence-electron chi connectivity index (χ2n) is 4.95. The highest BCUT2D eigenvalue weighted by Crippen LogP contribution is 2.36. The van der Waals surface area contributed by atoms with Gasteiger partial charge in [-0.25, -0.2) is 4.98 Å². The lowest BCUT2D eigenvalue weighted by atomic mass is 9.80. The van der Waals surface area contributed by atoms with Gasteiger partial charge in [-0.15, -0.1) is 0 Å². The molecule has 0 aromatic carbocycles. The molecule has 1 fully saturated rings. The van der Waals surface area contributed by atoms with Crippen LogP contribution in [0.2, 0.25) is 0 Å². The molecular formula is C13H20BrN3O. The van der Waals surface area contributed by atoms with Crippen molar-refractivity contribution in [3.8, 4) is 0 Å². The highest BCUT2D eigenvalue weighted by Gasteiger charge is 2.29. The normalized spacial score (nSPS) is 22.5. The van der Waals surface area contributed by atoms with Crippen molar-refractivity contribution in [2.75, 3.05) is 11.9 Å². The molecule has 1 aliphatic rings. The van der Waals surface area contributed by atoms with Crippen LogP contribution in [0.25, 0.3) is 0 Å². The van der Waals surface area contributed by atoms with Gasteiger partial charge >= 0.3 is 0 Å². The predicted octanol–water partition coefficient (Wildman–Crippen LogP) is 2.52. The van der Waals surface area contributed by atoms with Crippen molar-refractivity contribution in [2.24, 2.45) is 5.92 Å². The van der Waals surface area contributed by atoms with Gasteiger partial charge in [0.15, 0.2) is 0 Å². The monoisotopic (exact) mass is 313 g/mol. The molecule has 5 heteroatoms. The first-order chi connectivity index (χ1) is 8.79. The van der Waals surface area contributed by atoms with Crippen LogP contribution in [-0.2, 0) is 4.79 Å². The van der Waals surface area contributed by atoms with Crippen LogP contribution in [-0.4, -0.2) is 27.3 Å². The summed E-state index contributed by atoms with van der Waals surface area (Å²) in [7, 11) is 0. The van der Waals surface area contributed by atoms with Gasteiger partial charge in [-0.2, -0.15) is 0 Å². The van der Waals surface area contributed by atoms with Crippen LogP contribution >= 0.6 is 15.9 Å². The van der Waals surface area contributed by atoms with Gasteiger partial charge in [-0.05, 0) is 31.6 Å². The number of hydrogen-bond donors (Lipinski definition) is 1. The summed E-state index contributed by atoms with van der Waals surface area (Å²) in [6.07, 6.45) is 10.7. The fraction of sp³-hybridized carbons (Fsp3) is 0.692. The van der Waals surface area contributed by atoms with E-state index >= 15 is 0 Å². The standard InChI is InChI=1S/C13H20BrN3O/c14-4-2-1-3-13(18)16-9-11-7-12(8-11)17-6-5-15-10-17/h5-6,10-12H,1-4,7-9H2,(H,16,18). The third-order valence-corrected chi connectivity index (χ3v) is 4.09. The molecule has 18 heavy (non-hydrogen) atoms. The van der Waals surface area contributed by atoms with Crippen LogP contribution in [0.15, 0.2) is 18.7 Å². The number of aromatic nitrogens is 2. The zero-order valence-electron chi connectivity index (χ0n) is 10.5. The molecule has 2 rings (SSSR count). The first-order valence-corrected chi connectivity index (χ1v) is 7.72. The topological polar surface area (TPSA) is 46.9 Å². The minimum Gasteiger partial charge on any atom is -0.356 e. The molecule has 100 valence electrons. The number of halogens is 1. The van der Waals surface area contributed by atoms with Crippen LogP contribution < -0.4 is 5.32 Å². The summed E-state index contributed by atoms with van der Waals surface area (Å²) in [4.78, 5) is 15.6. The van der Waals surface area contributed by atoms with E-state index in [-0.39, 0.29) is 5.91 Å². The number of carbonyl (C=O) groups excluding carboxylic acids is 1. The minimum atomic E-state index is 0.196. The average Bonchev–Trinajstić information content (AvgIpc) is 2.81. The first-order valence-electron chi connectivity index (χ1n) is 6.59. The lowest BCUT2D eigenvalue weighted by molar-refractivity contribution is -0.121. The number of alkyl halides is 1. The van der Waals surface area contributed by atoms with Gasteiger partial charge in [0.25, 0.3) is 0 Å². The number of nitrogens with zero attached hydrogens (tertiary/aromatic N) is 2. The molecule has 1 saturated carbocycles. The van der Waals surface area contributed by atoms with Crippen molar-refractivity contribution in [2.45, 2.75) is 38.1 Å². The van der Waals surface area contributed by atoms with Crippen LogP contribution in [0.3, 0.4) is 0 Å². The quantitative estimate of drug-likeness (QED) is 0.621. The molecule has 0 radical (unpaired) electrons. The van der Waals surface area contributed by atoms with Gasteiger partial charge < -0.3 is 9.88 Å². The maximum Gasteiger partial charge on any atom is 0.220 e. The molecule has 1 aliphatic carbocycles. The summed E-state index contributed by atoms with van der Waals surface area (Å²) in [6, 6.07) is 0.586. The number of hydrogen-bond acceptors (Lipinski definition) is 2. The highest BCUT2D eigenvalue weighted by molar-refractivity contribution is 9.09. The molecule has 1 amide bonds. The molecule has 0 spiro atoms. The molecule has 1 aromatic heterocycles. The van der Waals surface area contributed by atoms with Crippen molar-refractivity contribution in [3.63, 3.8) is 0 Å². The summed E-state index contributed by atoms with van der Waals surface area (Å²) < 4.78 is 2.16. The summed E-state index contributed by atoms with van der Waals surface area (Å²) in [6.45, 7) is 0.832. The molecule has 0 bridgehead atoms. The SMILES string of the molecule is O=C(CCCCBr)NCC1CC(n2ccnc2)C1. The Morgan fingerprint density at radius 1 is 1.44 bits per heavy atom. The summed E-state index contributed by atoms with van der Waals surface area (Å²) in [5.74, 6) is 0.833. The number of unbranched alkanes of at least 4 members (excludes halogenated alkanes) is 1. The fourth-order valence-corrected chi connectivity index (χ4v) is 2.72. The van der Waals surface area contributed by atoms with E-state index < -0.39 is 0 Å². The van der Waals surface area contributed by atoms with E-state index in [1.165, 1.54) is 0 Å². The maximum atomic E-state index is 11.5. The third kappa shape index (κ3) is 3.83. The fourth-order valence-electron chi connectivity index (χ4n) is 2.32. The zero-order valence-corrected chi connectivity index (χ0v) is 12.1. The molecule has 0 saturated heterocycles. The van der Waals surface area contributed by atoms with E-state index in [4.69, 9.17) is 0 Å². The lowest BCUT2D eigenvalue weighted by Crippen LogP contribution is -2.36. The molecule has 0 unspecified atom stereocenters. The maximum absolute atomic E-state index is 11.5. The van der Waals surface area contributed by atoms with E-state index in [9.17, 15) is 4.79 Å².